The molecule has 1 aromatic heterocycles. The molecular weight excluding hydrogens is 445 g/mol. The summed E-state index contributed by atoms with van der Waals surface area (Å²) in [6.07, 6.45) is -3.52. The van der Waals surface area contributed by atoms with Crippen molar-refractivity contribution in [3.05, 3.63) is 59.8 Å². The largest absolute Gasteiger partial charge is 0.454 e. The second-order valence-corrected chi connectivity index (χ2v) is 6.67. The highest BCUT2D eigenvalue weighted by molar-refractivity contribution is 6.07. The van der Waals surface area contributed by atoms with Gasteiger partial charge in [-0.3, -0.25) is 10.1 Å². The number of carbonyl (C=O) groups excluding carboxylic acids is 2. The number of ether oxygens (including phenoxy) is 2. The standard InChI is InChI=1S/C20H15F3N6O4/c21-20(22,23)10-2-1-3-11(6-10)26-17(30)13-8-25-18(28-16(13)24)29-19(31)27-12-4-5-14-15(7-12)33-9-32-14/h1-8H,9H2,(H,26,30)(H4,24,25,27,28,29,31). The molecule has 0 aliphatic carbocycles. The zero-order valence-electron chi connectivity index (χ0n) is 16.6. The maximum atomic E-state index is 12.8. The van der Waals surface area contributed by atoms with Gasteiger partial charge in [0, 0.05) is 23.6 Å². The Bertz CT molecular complexity index is 1230. The molecule has 0 radical (unpaired) electrons. The van der Waals surface area contributed by atoms with Crippen molar-refractivity contribution in [2.24, 2.45) is 0 Å². The molecule has 10 nitrogen and oxygen atoms in total. The summed E-state index contributed by atoms with van der Waals surface area (Å²) in [4.78, 5) is 32.3. The van der Waals surface area contributed by atoms with E-state index in [-0.39, 0.29) is 29.8 Å². The zero-order chi connectivity index (χ0) is 23.6. The Labute approximate surface area is 183 Å². The number of halogens is 3. The van der Waals surface area contributed by atoms with Crippen LogP contribution in [0.2, 0.25) is 0 Å². The second-order valence-electron chi connectivity index (χ2n) is 6.67. The molecule has 13 heteroatoms. The average molecular weight is 460 g/mol. The Morgan fingerprint density at radius 3 is 2.48 bits per heavy atom. The molecule has 4 rings (SSSR count). The number of fused-ring (bicyclic) bond motifs is 1. The third-order valence-electron chi connectivity index (χ3n) is 4.37. The van der Waals surface area contributed by atoms with Gasteiger partial charge in [0.2, 0.25) is 12.7 Å². The molecule has 170 valence electrons. The molecule has 5 N–H and O–H groups in total. The van der Waals surface area contributed by atoms with E-state index in [9.17, 15) is 22.8 Å². The van der Waals surface area contributed by atoms with E-state index in [1.165, 1.54) is 6.07 Å². The Morgan fingerprint density at radius 2 is 1.73 bits per heavy atom. The van der Waals surface area contributed by atoms with Crippen LogP contribution in [0.25, 0.3) is 0 Å². The first-order chi connectivity index (χ1) is 15.7. The number of nitrogens with two attached hydrogens (primary N) is 1. The molecule has 33 heavy (non-hydrogen) atoms. The van der Waals surface area contributed by atoms with Crippen molar-refractivity contribution < 1.29 is 32.2 Å². The smallest absolute Gasteiger partial charge is 0.416 e. The molecule has 0 unspecified atom stereocenters. The fourth-order valence-electron chi connectivity index (χ4n) is 2.84. The number of alkyl halides is 3. The molecule has 3 amide bonds. The number of nitrogen functional groups attached to an aromatic ring is 1. The van der Waals surface area contributed by atoms with Crippen molar-refractivity contribution in [3.63, 3.8) is 0 Å². The molecule has 1 aliphatic rings. The Balaban J connectivity index is 1.40. The molecular formula is C20H15F3N6O4. The number of hydrogen-bond donors (Lipinski definition) is 4. The number of urea groups is 1. The molecule has 3 aromatic rings. The summed E-state index contributed by atoms with van der Waals surface area (Å²) in [5.74, 6) is -0.266. The fraction of sp³-hybridized carbons (Fsp3) is 0.100. The quantitative estimate of drug-likeness (QED) is 0.465. The first-order valence-electron chi connectivity index (χ1n) is 9.28. The maximum Gasteiger partial charge on any atom is 0.416 e. The predicted molar refractivity (Wildman–Crippen MR) is 111 cm³/mol. The van der Waals surface area contributed by atoms with E-state index in [1.807, 2.05) is 0 Å². The summed E-state index contributed by atoms with van der Waals surface area (Å²) in [5.41, 5.74) is 5.00. The van der Waals surface area contributed by atoms with Gasteiger partial charge >= 0.3 is 12.2 Å². The lowest BCUT2D eigenvalue weighted by molar-refractivity contribution is -0.137. The second kappa shape index (κ2) is 8.53. The van der Waals surface area contributed by atoms with Crippen LogP contribution in [0.5, 0.6) is 11.5 Å². The molecule has 2 heterocycles. The third-order valence-corrected chi connectivity index (χ3v) is 4.37. The fourth-order valence-corrected chi connectivity index (χ4v) is 2.84. The average Bonchev–Trinajstić information content (AvgIpc) is 3.21. The first kappa shape index (κ1) is 21.7. The molecule has 1 aliphatic heterocycles. The minimum absolute atomic E-state index is 0.0838. The third kappa shape index (κ3) is 5.03. The van der Waals surface area contributed by atoms with Crippen molar-refractivity contribution in [2.75, 3.05) is 28.5 Å². The molecule has 2 aromatic carbocycles. The van der Waals surface area contributed by atoms with E-state index >= 15 is 0 Å². The number of aromatic nitrogens is 2. The van der Waals surface area contributed by atoms with Gasteiger partial charge in [0.1, 0.15) is 11.4 Å². The van der Waals surface area contributed by atoms with Gasteiger partial charge in [-0.15, -0.1) is 0 Å². The highest BCUT2D eigenvalue weighted by Gasteiger charge is 2.30. The van der Waals surface area contributed by atoms with Gasteiger partial charge in [0.05, 0.1) is 5.56 Å². The number of nitrogens with one attached hydrogen (secondary N) is 3. The minimum Gasteiger partial charge on any atom is -0.454 e. The molecule has 0 bridgehead atoms. The summed E-state index contributed by atoms with van der Waals surface area (Å²) in [7, 11) is 0. The predicted octanol–water partition coefficient (Wildman–Crippen LogP) is 3.70. The van der Waals surface area contributed by atoms with E-state index in [0.29, 0.717) is 17.2 Å². The first-order valence-corrected chi connectivity index (χ1v) is 9.28. The van der Waals surface area contributed by atoms with Gasteiger partial charge in [0.15, 0.2) is 11.5 Å². The van der Waals surface area contributed by atoms with Gasteiger partial charge < -0.3 is 25.8 Å². The molecule has 0 saturated carbocycles. The van der Waals surface area contributed by atoms with Crippen LogP contribution in [-0.2, 0) is 6.18 Å². The van der Waals surface area contributed by atoms with E-state index in [1.54, 1.807) is 18.2 Å². The number of carbonyl (C=O) groups is 2. The number of benzene rings is 2. The zero-order valence-corrected chi connectivity index (χ0v) is 16.6. The molecule has 0 saturated heterocycles. The lowest BCUT2D eigenvalue weighted by Crippen LogP contribution is -2.22. The van der Waals surface area contributed by atoms with Crippen LogP contribution in [0.1, 0.15) is 15.9 Å². The summed E-state index contributed by atoms with van der Waals surface area (Å²) in [6, 6.07) is 8.22. The van der Waals surface area contributed by atoms with Crippen molar-refractivity contribution in [3.8, 4) is 11.5 Å². The van der Waals surface area contributed by atoms with Crippen LogP contribution in [0.3, 0.4) is 0 Å². The van der Waals surface area contributed by atoms with Crippen LogP contribution >= 0.6 is 0 Å². The maximum absolute atomic E-state index is 12.8. The molecule has 0 fully saturated rings. The van der Waals surface area contributed by atoms with Gasteiger partial charge in [0.25, 0.3) is 5.91 Å². The van der Waals surface area contributed by atoms with E-state index in [2.05, 4.69) is 25.9 Å². The molecule has 0 atom stereocenters. The van der Waals surface area contributed by atoms with Crippen LogP contribution in [0, 0.1) is 0 Å². The van der Waals surface area contributed by atoms with Crippen molar-refractivity contribution in [1.82, 2.24) is 9.97 Å². The van der Waals surface area contributed by atoms with Crippen LogP contribution < -0.4 is 31.2 Å². The SMILES string of the molecule is Nc1nc(NC(=O)Nc2ccc3c(c2)OCO3)ncc1C(=O)Nc1cccc(C(F)(F)F)c1. The number of hydrogen-bond acceptors (Lipinski definition) is 7. The van der Waals surface area contributed by atoms with E-state index < -0.39 is 23.7 Å². The van der Waals surface area contributed by atoms with Crippen LogP contribution in [0.4, 0.5) is 41.1 Å². The highest BCUT2D eigenvalue weighted by Crippen LogP contribution is 2.34. The van der Waals surface area contributed by atoms with E-state index in [4.69, 9.17) is 15.2 Å². The Morgan fingerprint density at radius 1 is 0.970 bits per heavy atom. The van der Waals surface area contributed by atoms with Crippen molar-refractivity contribution >= 4 is 35.1 Å². The lowest BCUT2D eigenvalue weighted by Gasteiger charge is -2.11. The van der Waals surface area contributed by atoms with Gasteiger partial charge in [-0.25, -0.2) is 9.78 Å². The van der Waals surface area contributed by atoms with Crippen LogP contribution in [-0.4, -0.2) is 28.7 Å². The summed E-state index contributed by atoms with van der Waals surface area (Å²) in [6.45, 7) is 0.0891. The van der Waals surface area contributed by atoms with E-state index in [0.717, 1.165) is 24.4 Å². The van der Waals surface area contributed by atoms with Gasteiger partial charge in [-0.05, 0) is 30.3 Å². The topological polar surface area (TPSA) is 140 Å². The van der Waals surface area contributed by atoms with Crippen LogP contribution in [0.15, 0.2) is 48.7 Å². The number of amides is 3. The lowest BCUT2D eigenvalue weighted by atomic mass is 10.2. The van der Waals surface area contributed by atoms with Crippen molar-refractivity contribution in [2.45, 2.75) is 6.18 Å². The number of rotatable bonds is 4. The Hall–Kier alpha value is -4.55. The minimum atomic E-state index is -4.56. The number of nitrogens with zero attached hydrogens (tertiary/aromatic N) is 2. The summed E-state index contributed by atoms with van der Waals surface area (Å²) >= 11 is 0. The summed E-state index contributed by atoms with van der Waals surface area (Å²) in [5, 5.41) is 7.21. The monoisotopic (exact) mass is 460 g/mol. The number of anilines is 4. The van der Waals surface area contributed by atoms with Crippen molar-refractivity contribution in [1.29, 1.82) is 0 Å². The van der Waals surface area contributed by atoms with Gasteiger partial charge in [-0.1, -0.05) is 6.07 Å². The normalized spacial score (nSPS) is 12.2. The molecule has 0 spiro atoms. The van der Waals surface area contributed by atoms with Gasteiger partial charge in [-0.2, -0.15) is 18.2 Å². The summed E-state index contributed by atoms with van der Waals surface area (Å²) < 4.78 is 48.9. The Kier molecular flexibility index (Phi) is 5.60. The highest BCUT2D eigenvalue weighted by atomic mass is 19.4.